The third-order valence-corrected chi connectivity index (χ3v) is 5.48. The van der Waals surface area contributed by atoms with Crippen molar-refractivity contribution < 1.29 is 14.3 Å². The smallest absolute Gasteiger partial charge is 0.254 e. The zero-order valence-corrected chi connectivity index (χ0v) is 17.7. The fourth-order valence-electron chi connectivity index (χ4n) is 3.13. The number of methoxy groups -OCH3 is 1. The van der Waals surface area contributed by atoms with E-state index < -0.39 is 0 Å². The first kappa shape index (κ1) is 23.8. The van der Waals surface area contributed by atoms with Gasteiger partial charge in [-0.3, -0.25) is 9.59 Å². The van der Waals surface area contributed by atoms with E-state index >= 15 is 0 Å². The highest BCUT2D eigenvalue weighted by atomic mass is 35.5. The Labute approximate surface area is 172 Å². The van der Waals surface area contributed by atoms with Crippen molar-refractivity contribution in [3.63, 3.8) is 0 Å². The van der Waals surface area contributed by atoms with Crippen LogP contribution >= 0.6 is 24.2 Å². The van der Waals surface area contributed by atoms with E-state index in [9.17, 15) is 9.59 Å². The molecule has 1 aliphatic rings. The summed E-state index contributed by atoms with van der Waals surface area (Å²) in [5.74, 6) is 0.801. The Morgan fingerprint density at radius 3 is 2.85 bits per heavy atom. The molecule has 1 saturated heterocycles. The van der Waals surface area contributed by atoms with Crippen molar-refractivity contribution in [1.29, 1.82) is 0 Å². The number of ether oxygens (including phenoxy) is 1. The molecule has 1 aliphatic heterocycles. The molecule has 1 fully saturated rings. The number of nitrogens with zero attached hydrogens (tertiary/aromatic N) is 1. The van der Waals surface area contributed by atoms with Gasteiger partial charge >= 0.3 is 0 Å². The van der Waals surface area contributed by atoms with Crippen molar-refractivity contribution in [3.8, 4) is 0 Å². The number of amides is 2. The van der Waals surface area contributed by atoms with Crippen molar-refractivity contribution in [2.24, 2.45) is 5.92 Å². The summed E-state index contributed by atoms with van der Waals surface area (Å²) in [6.45, 7) is 3.51. The maximum absolute atomic E-state index is 13.0. The number of halogens is 1. The van der Waals surface area contributed by atoms with Gasteiger partial charge in [0, 0.05) is 31.6 Å². The zero-order chi connectivity index (χ0) is 18.8. The molecule has 1 aromatic rings. The summed E-state index contributed by atoms with van der Waals surface area (Å²) in [6, 6.07) is 7.55. The number of likely N-dealkylation sites (tertiary alicyclic amines) is 1. The molecule has 1 heterocycles. The minimum absolute atomic E-state index is 0. The highest BCUT2D eigenvalue weighted by molar-refractivity contribution is 8.00. The van der Waals surface area contributed by atoms with Crippen LogP contribution in [0.15, 0.2) is 29.2 Å². The van der Waals surface area contributed by atoms with Crippen molar-refractivity contribution in [2.75, 3.05) is 52.7 Å². The molecular formula is C19H30ClN3O3S. The Hall–Kier alpha value is -1.28. The van der Waals surface area contributed by atoms with Crippen LogP contribution in [-0.2, 0) is 9.53 Å². The SMILES string of the molecule is CNCC1CCCN(C(=O)c2ccccc2SCC(=O)NCCOC)C1.Cl. The average Bonchev–Trinajstić information content (AvgIpc) is 2.67. The monoisotopic (exact) mass is 415 g/mol. The molecule has 2 N–H and O–H groups in total. The van der Waals surface area contributed by atoms with E-state index in [1.165, 1.54) is 11.8 Å². The number of thioether (sulfide) groups is 1. The summed E-state index contributed by atoms with van der Waals surface area (Å²) < 4.78 is 4.92. The van der Waals surface area contributed by atoms with Crippen LogP contribution in [-0.4, -0.2) is 69.4 Å². The molecule has 0 radical (unpaired) electrons. The lowest BCUT2D eigenvalue weighted by Crippen LogP contribution is -2.42. The van der Waals surface area contributed by atoms with Crippen LogP contribution in [0.2, 0.25) is 0 Å². The lowest BCUT2D eigenvalue weighted by Gasteiger charge is -2.33. The van der Waals surface area contributed by atoms with Gasteiger partial charge in [0.15, 0.2) is 0 Å². The lowest BCUT2D eigenvalue weighted by atomic mass is 9.97. The fourth-order valence-corrected chi connectivity index (χ4v) is 4.01. The second-order valence-electron chi connectivity index (χ2n) is 6.44. The van der Waals surface area contributed by atoms with Gasteiger partial charge in [-0.1, -0.05) is 12.1 Å². The van der Waals surface area contributed by atoms with E-state index in [0.29, 0.717) is 24.6 Å². The lowest BCUT2D eigenvalue weighted by molar-refractivity contribution is -0.118. The molecule has 8 heteroatoms. The highest BCUT2D eigenvalue weighted by Gasteiger charge is 2.25. The van der Waals surface area contributed by atoms with Crippen molar-refractivity contribution in [1.82, 2.24) is 15.5 Å². The number of hydrogen-bond donors (Lipinski definition) is 2. The summed E-state index contributed by atoms with van der Waals surface area (Å²) in [6.07, 6.45) is 2.19. The van der Waals surface area contributed by atoms with Crippen LogP contribution in [0.5, 0.6) is 0 Å². The van der Waals surface area contributed by atoms with Gasteiger partial charge in [0.2, 0.25) is 5.91 Å². The Morgan fingerprint density at radius 2 is 2.11 bits per heavy atom. The van der Waals surface area contributed by atoms with Crippen LogP contribution in [0.3, 0.4) is 0 Å². The first-order chi connectivity index (χ1) is 12.7. The van der Waals surface area contributed by atoms with Gasteiger partial charge in [-0.25, -0.2) is 0 Å². The molecule has 0 spiro atoms. The first-order valence-electron chi connectivity index (χ1n) is 9.07. The topological polar surface area (TPSA) is 70.7 Å². The summed E-state index contributed by atoms with van der Waals surface area (Å²) in [4.78, 5) is 27.7. The largest absolute Gasteiger partial charge is 0.383 e. The van der Waals surface area contributed by atoms with E-state index in [4.69, 9.17) is 4.74 Å². The second kappa shape index (κ2) is 13.0. The van der Waals surface area contributed by atoms with E-state index in [1.54, 1.807) is 7.11 Å². The molecule has 1 unspecified atom stereocenters. The molecule has 0 saturated carbocycles. The standard InChI is InChI=1S/C19H29N3O3S.ClH/c1-20-12-15-6-5-10-22(13-15)19(24)16-7-3-4-8-17(16)26-14-18(23)21-9-11-25-2;/h3-4,7-8,15,20H,5-6,9-14H2,1-2H3,(H,21,23);1H. The maximum Gasteiger partial charge on any atom is 0.254 e. The third-order valence-electron chi connectivity index (χ3n) is 4.40. The molecule has 0 bridgehead atoms. The molecule has 6 nitrogen and oxygen atoms in total. The van der Waals surface area contributed by atoms with Gasteiger partial charge in [0.05, 0.1) is 17.9 Å². The number of piperidine rings is 1. The Bertz CT molecular complexity index is 601. The zero-order valence-electron chi connectivity index (χ0n) is 16.0. The van der Waals surface area contributed by atoms with Crippen LogP contribution in [0, 0.1) is 5.92 Å². The number of benzene rings is 1. The van der Waals surface area contributed by atoms with Gasteiger partial charge < -0.3 is 20.3 Å². The molecule has 27 heavy (non-hydrogen) atoms. The van der Waals surface area contributed by atoms with Crippen LogP contribution in [0.4, 0.5) is 0 Å². The molecule has 1 aromatic carbocycles. The number of hydrogen-bond acceptors (Lipinski definition) is 5. The predicted molar refractivity (Wildman–Crippen MR) is 112 cm³/mol. The highest BCUT2D eigenvalue weighted by Crippen LogP contribution is 2.25. The molecule has 152 valence electrons. The number of carbonyl (C=O) groups is 2. The minimum atomic E-state index is -0.0543. The van der Waals surface area contributed by atoms with E-state index in [0.717, 1.165) is 37.4 Å². The van der Waals surface area contributed by atoms with Gasteiger partial charge in [-0.15, -0.1) is 24.2 Å². The fraction of sp³-hybridized carbons (Fsp3) is 0.579. The molecule has 1 atom stereocenters. The van der Waals surface area contributed by atoms with E-state index in [2.05, 4.69) is 10.6 Å². The number of carbonyl (C=O) groups excluding carboxylic acids is 2. The van der Waals surface area contributed by atoms with Crippen molar-refractivity contribution >= 4 is 36.0 Å². The molecule has 2 rings (SSSR count). The van der Waals surface area contributed by atoms with Crippen LogP contribution < -0.4 is 10.6 Å². The number of rotatable bonds is 9. The van der Waals surface area contributed by atoms with Gasteiger partial charge in [-0.2, -0.15) is 0 Å². The molecule has 0 aromatic heterocycles. The summed E-state index contributed by atoms with van der Waals surface area (Å²) in [5.41, 5.74) is 0.687. The van der Waals surface area contributed by atoms with Gasteiger partial charge in [0.1, 0.15) is 0 Å². The molecule has 2 amide bonds. The second-order valence-corrected chi connectivity index (χ2v) is 7.46. The predicted octanol–water partition coefficient (Wildman–Crippen LogP) is 2.03. The maximum atomic E-state index is 13.0. The normalized spacial score (nSPS) is 16.5. The summed E-state index contributed by atoms with van der Waals surface area (Å²) in [5, 5.41) is 6.00. The van der Waals surface area contributed by atoms with E-state index in [-0.39, 0.29) is 30.0 Å². The Balaban J connectivity index is 0.00000364. The summed E-state index contributed by atoms with van der Waals surface area (Å²) >= 11 is 1.40. The van der Waals surface area contributed by atoms with Gasteiger partial charge in [-0.05, 0) is 44.5 Å². The van der Waals surface area contributed by atoms with Crippen LogP contribution in [0.1, 0.15) is 23.2 Å². The molecular weight excluding hydrogens is 386 g/mol. The first-order valence-corrected chi connectivity index (χ1v) is 10.1. The minimum Gasteiger partial charge on any atom is -0.383 e. The Morgan fingerprint density at radius 1 is 1.33 bits per heavy atom. The average molecular weight is 416 g/mol. The van der Waals surface area contributed by atoms with E-state index in [1.807, 2.05) is 36.2 Å². The Kier molecular flexibility index (Phi) is 11.4. The quantitative estimate of drug-likeness (QED) is 0.477. The van der Waals surface area contributed by atoms with Crippen molar-refractivity contribution in [3.05, 3.63) is 29.8 Å². The number of nitrogens with one attached hydrogen (secondary N) is 2. The molecule has 0 aliphatic carbocycles. The van der Waals surface area contributed by atoms with Gasteiger partial charge in [0.25, 0.3) is 5.91 Å². The van der Waals surface area contributed by atoms with Crippen LogP contribution in [0.25, 0.3) is 0 Å². The van der Waals surface area contributed by atoms with Crippen molar-refractivity contribution in [2.45, 2.75) is 17.7 Å². The third kappa shape index (κ3) is 7.70. The summed E-state index contributed by atoms with van der Waals surface area (Å²) in [7, 11) is 3.55.